The molecule has 4 aromatic rings. The molecule has 0 saturated heterocycles. The fourth-order valence-corrected chi connectivity index (χ4v) is 3.27. The summed E-state index contributed by atoms with van der Waals surface area (Å²) in [5.74, 6) is 1.43. The molecule has 0 amide bonds. The van der Waals surface area contributed by atoms with E-state index in [9.17, 15) is 4.39 Å². The van der Waals surface area contributed by atoms with Crippen molar-refractivity contribution in [1.29, 1.82) is 0 Å². The Morgan fingerprint density at radius 1 is 1.10 bits per heavy atom. The van der Waals surface area contributed by atoms with Crippen molar-refractivity contribution < 1.29 is 9.13 Å². The van der Waals surface area contributed by atoms with Crippen LogP contribution in [0.4, 0.5) is 16.0 Å². The second-order valence-electron chi connectivity index (χ2n) is 7.08. The molecule has 0 aliphatic heterocycles. The van der Waals surface area contributed by atoms with Crippen molar-refractivity contribution in [3.05, 3.63) is 66.2 Å². The van der Waals surface area contributed by atoms with Crippen LogP contribution in [0.3, 0.4) is 0 Å². The number of rotatable bonds is 6. The molecule has 4 rings (SSSR count). The van der Waals surface area contributed by atoms with Crippen LogP contribution in [0.1, 0.15) is 5.56 Å². The third-order valence-corrected chi connectivity index (χ3v) is 4.77. The number of hydrogen-bond acceptors (Lipinski definition) is 7. The molecular weight excluding hydrogens is 397 g/mol. The summed E-state index contributed by atoms with van der Waals surface area (Å²) in [4.78, 5) is 15.0. The molecule has 0 aliphatic rings. The summed E-state index contributed by atoms with van der Waals surface area (Å²) < 4.78 is 21.3. The van der Waals surface area contributed by atoms with E-state index in [2.05, 4.69) is 20.1 Å². The van der Waals surface area contributed by atoms with Gasteiger partial charge < -0.3 is 15.4 Å². The molecule has 0 aliphatic carbocycles. The summed E-state index contributed by atoms with van der Waals surface area (Å²) in [5.41, 5.74) is 8.56. The summed E-state index contributed by atoms with van der Waals surface area (Å²) in [6, 6.07) is 12.1. The van der Waals surface area contributed by atoms with Crippen LogP contribution in [0.5, 0.6) is 5.75 Å². The molecule has 2 N–H and O–H groups in total. The Bertz CT molecular complexity index is 1210. The first-order valence-corrected chi connectivity index (χ1v) is 9.58. The lowest BCUT2D eigenvalue weighted by molar-refractivity contribution is 0.415. The number of anilines is 2. The van der Waals surface area contributed by atoms with Gasteiger partial charge in [0.2, 0.25) is 0 Å². The van der Waals surface area contributed by atoms with Gasteiger partial charge in [0.1, 0.15) is 23.0 Å². The largest absolute Gasteiger partial charge is 0.491 e. The predicted molar refractivity (Wildman–Crippen MR) is 117 cm³/mol. The molecule has 0 unspecified atom stereocenters. The molecule has 9 heteroatoms. The van der Waals surface area contributed by atoms with Crippen molar-refractivity contribution in [2.75, 3.05) is 31.8 Å². The molecule has 0 saturated carbocycles. The number of pyridine rings is 1. The normalized spacial score (nSPS) is 10.8. The highest BCUT2D eigenvalue weighted by Crippen LogP contribution is 2.34. The van der Waals surface area contributed by atoms with Crippen LogP contribution in [0.15, 0.2) is 54.9 Å². The van der Waals surface area contributed by atoms with E-state index in [0.717, 1.165) is 11.4 Å². The fourth-order valence-electron chi connectivity index (χ4n) is 3.27. The first kappa shape index (κ1) is 20.3. The van der Waals surface area contributed by atoms with Crippen molar-refractivity contribution in [3.63, 3.8) is 0 Å². The van der Waals surface area contributed by atoms with Gasteiger partial charge in [-0.05, 0) is 18.2 Å². The number of benzene rings is 1. The van der Waals surface area contributed by atoms with Crippen molar-refractivity contribution in [3.8, 4) is 28.5 Å². The van der Waals surface area contributed by atoms with Gasteiger partial charge >= 0.3 is 0 Å². The quantitative estimate of drug-likeness (QED) is 0.513. The van der Waals surface area contributed by atoms with Gasteiger partial charge in [0.05, 0.1) is 13.7 Å². The average Bonchev–Trinajstić information content (AvgIpc) is 3.19. The van der Waals surface area contributed by atoms with Crippen LogP contribution >= 0.6 is 0 Å². The zero-order valence-corrected chi connectivity index (χ0v) is 17.5. The van der Waals surface area contributed by atoms with E-state index in [1.54, 1.807) is 35.3 Å². The maximum absolute atomic E-state index is 14.2. The minimum atomic E-state index is -0.283. The number of nitrogens with two attached hydrogens (primary N) is 1. The van der Waals surface area contributed by atoms with Crippen molar-refractivity contribution in [2.24, 2.45) is 0 Å². The first-order valence-electron chi connectivity index (χ1n) is 9.58. The van der Waals surface area contributed by atoms with Gasteiger partial charge in [-0.15, -0.1) is 0 Å². The molecule has 158 valence electrons. The second kappa shape index (κ2) is 8.39. The maximum Gasteiger partial charge on any atom is 0.187 e. The lowest BCUT2D eigenvalue weighted by atomic mass is 10.1. The van der Waals surface area contributed by atoms with Crippen molar-refractivity contribution in [2.45, 2.75) is 6.54 Å². The van der Waals surface area contributed by atoms with Gasteiger partial charge in [-0.25, -0.2) is 19.0 Å². The van der Waals surface area contributed by atoms with Crippen molar-refractivity contribution >= 4 is 11.6 Å². The lowest BCUT2D eigenvalue weighted by Crippen LogP contribution is -2.16. The maximum atomic E-state index is 14.2. The predicted octanol–water partition coefficient (Wildman–Crippen LogP) is 3.25. The van der Waals surface area contributed by atoms with Crippen LogP contribution in [-0.4, -0.2) is 45.9 Å². The number of halogens is 1. The van der Waals surface area contributed by atoms with E-state index in [0.29, 0.717) is 28.5 Å². The Morgan fingerprint density at radius 3 is 2.52 bits per heavy atom. The molecular formula is C22H22FN7O. The molecule has 31 heavy (non-hydrogen) atoms. The third kappa shape index (κ3) is 4.02. The highest BCUT2D eigenvalue weighted by Gasteiger charge is 2.20. The topological polar surface area (TPSA) is 95.0 Å². The van der Waals surface area contributed by atoms with Gasteiger partial charge in [0.25, 0.3) is 0 Å². The summed E-state index contributed by atoms with van der Waals surface area (Å²) >= 11 is 0. The smallest absolute Gasteiger partial charge is 0.187 e. The number of methoxy groups -OCH3 is 1. The molecule has 0 spiro atoms. The molecule has 0 radical (unpaired) electrons. The number of nitrogen functional groups attached to an aromatic ring is 1. The third-order valence-electron chi connectivity index (χ3n) is 4.77. The van der Waals surface area contributed by atoms with Crippen LogP contribution in [0.25, 0.3) is 22.8 Å². The van der Waals surface area contributed by atoms with E-state index in [1.807, 2.05) is 37.2 Å². The number of hydrogen-bond donors (Lipinski definition) is 1. The minimum absolute atomic E-state index is 0.203. The summed E-state index contributed by atoms with van der Waals surface area (Å²) in [5, 5.41) is 4.64. The van der Waals surface area contributed by atoms with E-state index in [4.69, 9.17) is 10.5 Å². The lowest BCUT2D eigenvalue weighted by Gasteiger charge is -2.14. The average molecular weight is 419 g/mol. The van der Waals surface area contributed by atoms with Gasteiger partial charge in [-0.2, -0.15) is 5.10 Å². The SMILES string of the molecule is COc1c(N)nc(-c2cc(N(C)C)n(Cc3ccccc3F)n2)nc1-c1ccncc1. The zero-order chi connectivity index (χ0) is 22.0. The van der Waals surface area contributed by atoms with E-state index in [-0.39, 0.29) is 18.2 Å². The molecule has 8 nitrogen and oxygen atoms in total. The molecule has 1 aromatic carbocycles. The molecule has 0 bridgehead atoms. The van der Waals surface area contributed by atoms with E-state index >= 15 is 0 Å². The van der Waals surface area contributed by atoms with Crippen LogP contribution in [0.2, 0.25) is 0 Å². The minimum Gasteiger partial charge on any atom is -0.491 e. The second-order valence-corrected chi connectivity index (χ2v) is 7.08. The zero-order valence-electron chi connectivity index (χ0n) is 17.5. The van der Waals surface area contributed by atoms with Gasteiger partial charge in [0, 0.05) is 43.7 Å². The van der Waals surface area contributed by atoms with Gasteiger partial charge in [-0.1, -0.05) is 18.2 Å². The Labute approximate surface area is 179 Å². The Hall–Kier alpha value is -4.01. The number of aromatic nitrogens is 5. The summed E-state index contributed by atoms with van der Waals surface area (Å²) in [7, 11) is 5.31. The number of ether oxygens (including phenoxy) is 1. The first-order chi connectivity index (χ1) is 15.0. The molecule has 3 aromatic heterocycles. The molecule has 0 atom stereocenters. The monoisotopic (exact) mass is 419 g/mol. The highest BCUT2D eigenvalue weighted by atomic mass is 19.1. The highest BCUT2D eigenvalue weighted by molar-refractivity contribution is 5.74. The summed E-state index contributed by atoms with van der Waals surface area (Å²) in [6.45, 7) is 0.267. The standard InChI is InChI=1S/C22H22FN7O/c1-29(2)18-12-17(28-30(18)13-15-6-4-5-7-16(15)23)22-26-19(14-8-10-25-11-9-14)20(31-3)21(24)27-22/h4-12H,13H2,1-3H3,(H2,24,26,27). The number of nitrogens with zero attached hydrogens (tertiary/aromatic N) is 6. The molecule has 0 fully saturated rings. The Kier molecular flexibility index (Phi) is 5.48. The van der Waals surface area contributed by atoms with Crippen molar-refractivity contribution in [1.82, 2.24) is 24.7 Å². The van der Waals surface area contributed by atoms with Crippen LogP contribution < -0.4 is 15.4 Å². The van der Waals surface area contributed by atoms with E-state index in [1.165, 1.54) is 13.2 Å². The molecule has 3 heterocycles. The summed E-state index contributed by atoms with van der Waals surface area (Å²) in [6.07, 6.45) is 3.33. The van der Waals surface area contributed by atoms with Crippen LogP contribution in [0, 0.1) is 5.82 Å². The fraction of sp³-hybridized carbons (Fsp3) is 0.182. The van der Waals surface area contributed by atoms with E-state index < -0.39 is 0 Å². The van der Waals surface area contributed by atoms with Gasteiger partial charge in [-0.3, -0.25) is 4.98 Å². The van der Waals surface area contributed by atoms with Gasteiger partial charge in [0.15, 0.2) is 17.4 Å². The Morgan fingerprint density at radius 2 is 1.84 bits per heavy atom. The van der Waals surface area contributed by atoms with Crippen LogP contribution in [-0.2, 0) is 6.54 Å². The Balaban J connectivity index is 1.81.